The predicted octanol–water partition coefficient (Wildman–Crippen LogP) is 2.04. The zero-order valence-electron chi connectivity index (χ0n) is 16.4. The number of carbonyl (C=O) groups excluding carboxylic acids is 1. The lowest BCUT2D eigenvalue weighted by molar-refractivity contribution is -0.110. The van der Waals surface area contributed by atoms with Crippen LogP contribution in [-0.2, 0) is 11.5 Å². The minimum absolute atomic E-state index is 0.165. The van der Waals surface area contributed by atoms with Crippen molar-refractivity contribution >= 4 is 34.2 Å². The summed E-state index contributed by atoms with van der Waals surface area (Å²) in [5, 5.41) is 2.87. The van der Waals surface area contributed by atoms with E-state index in [4.69, 9.17) is 0 Å². The number of aromatic nitrogens is 1. The number of thiazole rings is 1. The quantitative estimate of drug-likeness (QED) is 0.675. The van der Waals surface area contributed by atoms with Gasteiger partial charge in [0.05, 0.1) is 5.57 Å². The van der Waals surface area contributed by atoms with Gasteiger partial charge < -0.3 is 10.2 Å². The second-order valence-electron chi connectivity index (χ2n) is 7.57. The number of fused-ring (bicyclic) bond motifs is 2. The van der Waals surface area contributed by atoms with Crippen LogP contribution in [0, 0.1) is 20.8 Å². The molecular formula is C22H20N4O2S. The maximum absolute atomic E-state index is 13.2. The molecule has 2 aliphatic rings. The molecule has 0 fully saturated rings. The van der Waals surface area contributed by atoms with Crippen LogP contribution in [0.4, 0.5) is 11.4 Å². The van der Waals surface area contributed by atoms with E-state index < -0.39 is 0 Å². The Labute approximate surface area is 171 Å². The van der Waals surface area contributed by atoms with Crippen LogP contribution >= 0.6 is 11.3 Å². The molecule has 3 heterocycles. The van der Waals surface area contributed by atoms with E-state index in [1.807, 2.05) is 25.1 Å². The molecule has 29 heavy (non-hydrogen) atoms. The highest BCUT2D eigenvalue weighted by atomic mass is 32.1. The maximum atomic E-state index is 13.2. The average molecular weight is 404 g/mol. The summed E-state index contributed by atoms with van der Waals surface area (Å²) in [5.74, 6) is -0.229. The van der Waals surface area contributed by atoms with E-state index in [9.17, 15) is 9.59 Å². The number of nitrogens with one attached hydrogen (secondary N) is 1. The van der Waals surface area contributed by atoms with Gasteiger partial charge in [-0.05, 0) is 56.2 Å². The molecule has 2 aliphatic heterocycles. The lowest BCUT2D eigenvalue weighted by Crippen LogP contribution is -2.43. The van der Waals surface area contributed by atoms with Crippen molar-refractivity contribution in [2.45, 2.75) is 27.4 Å². The predicted molar refractivity (Wildman–Crippen MR) is 115 cm³/mol. The van der Waals surface area contributed by atoms with E-state index in [0.29, 0.717) is 28.2 Å². The number of hydrogen-bond acceptors (Lipinski definition) is 5. The zero-order valence-corrected chi connectivity index (χ0v) is 17.3. The minimum Gasteiger partial charge on any atom is -0.334 e. The molecule has 0 unspecified atom stereocenters. The number of nitrogens with zero attached hydrogens (tertiary/aromatic N) is 3. The summed E-state index contributed by atoms with van der Waals surface area (Å²) in [7, 11) is 0. The number of hydrogen-bond donors (Lipinski definition) is 1. The molecule has 0 bridgehead atoms. The first-order chi connectivity index (χ1) is 13.9. The highest BCUT2D eigenvalue weighted by molar-refractivity contribution is 7.07. The normalized spacial score (nSPS) is 16.9. The number of carbonyl (C=O) groups is 1. The molecular weight excluding hydrogens is 384 g/mol. The molecule has 7 heteroatoms. The van der Waals surface area contributed by atoms with E-state index in [2.05, 4.69) is 47.3 Å². The van der Waals surface area contributed by atoms with Crippen LogP contribution < -0.4 is 25.1 Å². The summed E-state index contributed by atoms with van der Waals surface area (Å²) in [6.07, 6.45) is 0. The third-order valence-electron chi connectivity index (χ3n) is 5.55. The van der Waals surface area contributed by atoms with Gasteiger partial charge in [0, 0.05) is 16.9 Å². The molecule has 0 saturated carbocycles. The fourth-order valence-corrected chi connectivity index (χ4v) is 4.81. The first-order valence-electron chi connectivity index (χ1n) is 9.45. The number of rotatable bonds is 1. The number of aryl methyl sites for hydroxylation is 3. The summed E-state index contributed by atoms with van der Waals surface area (Å²) in [4.78, 5) is 33.2. The largest absolute Gasteiger partial charge is 0.334 e. The van der Waals surface area contributed by atoms with Gasteiger partial charge in [0.2, 0.25) is 0 Å². The smallest absolute Gasteiger partial charge is 0.272 e. The van der Waals surface area contributed by atoms with Gasteiger partial charge in [0.25, 0.3) is 11.5 Å². The first kappa shape index (κ1) is 17.9. The monoisotopic (exact) mass is 404 g/mol. The molecule has 1 aromatic heterocycles. The molecule has 5 rings (SSSR count). The van der Waals surface area contributed by atoms with Crippen LogP contribution in [0.25, 0.3) is 5.57 Å². The minimum atomic E-state index is -0.229. The van der Waals surface area contributed by atoms with Gasteiger partial charge in [-0.3, -0.25) is 14.2 Å². The summed E-state index contributed by atoms with van der Waals surface area (Å²) in [6, 6.07) is 12.0. The number of anilines is 2. The van der Waals surface area contributed by atoms with Crippen LogP contribution in [-0.4, -0.2) is 17.1 Å². The van der Waals surface area contributed by atoms with Crippen molar-refractivity contribution in [3.8, 4) is 0 Å². The summed E-state index contributed by atoms with van der Waals surface area (Å²) < 4.78 is 2.11. The van der Waals surface area contributed by atoms with Gasteiger partial charge in [-0.1, -0.05) is 29.0 Å². The number of benzene rings is 2. The molecule has 146 valence electrons. The lowest BCUT2D eigenvalue weighted by Gasteiger charge is -2.26. The molecule has 3 aromatic rings. The van der Waals surface area contributed by atoms with Gasteiger partial charge in [0.15, 0.2) is 4.80 Å². The van der Waals surface area contributed by atoms with E-state index >= 15 is 0 Å². The second kappa shape index (κ2) is 6.42. The van der Waals surface area contributed by atoms with Gasteiger partial charge in [-0.25, -0.2) is 4.99 Å². The van der Waals surface area contributed by atoms with Gasteiger partial charge in [0.1, 0.15) is 17.9 Å². The SMILES string of the molecule is Cc1ccc2c(c1)/C(=c1/sc3n(c1=O)CN(c1ccc(C)c(C)c1)CN=3)C(=O)N2. The average Bonchev–Trinajstić information content (AvgIpc) is 3.19. The van der Waals surface area contributed by atoms with E-state index in [1.165, 1.54) is 22.5 Å². The third kappa shape index (κ3) is 2.81. The van der Waals surface area contributed by atoms with E-state index in [1.54, 1.807) is 4.57 Å². The number of amides is 1. The molecule has 2 aromatic carbocycles. The van der Waals surface area contributed by atoms with Crippen molar-refractivity contribution in [1.82, 2.24) is 4.57 Å². The second-order valence-corrected chi connectivity index (χ2v) is 8.55. The molecule has 1 amide bonds. The molecule has 0 saturated heterocycles. The fraction of sp³-hybridized carbons (Fsp3) is 0.227. The maximum Gasteiger partial charge on any atom is 0.272 e. The Morgan fingerprint density at radius 1 is 1.03 bits per heavy atom. The molecule has 0 aliphatic carbocycles. The van der Waals surface area contributed by atoms with Crippen LogP contribution in [0.3, 0.4) is 0 Å². The highest BCUT2D eigenvalue weighted by Gasteiger charge is 2.28. The Morgan fingerprint density at radius 3 is 2.66 bits per heavy atom. The molecule has 1 N–H and O–H groups in total. The molecule has 0 spiro atoms. The van der Waals surface area contributed by atoms with Crippen molar-refractivity contribution in [3.05, 3.63) is 78.3 Å². The highest BCUT2D eigenvalue weighted by Crippen LogP contribution is 2.30. The summed E-state index contributed by atoms with van der Waals surface area (Å²) >= 11 is 1.29. The Hall–Kier alpha value is -3.19. The molecule has 6 nitrogen and oxygen atoms in total. The van der Waals surface area contributed by atoms with Crippen molar-refractivity contribution in [2.75, 3.05) is 16.9 Å². The van der Waals surface area contributed by atoms with Crippen LogP contribution in [0.5, 0.6) is 0 Å². The lowest BCUT2D eigenvalue weighted by atomic mass is 10.1. The topological polar surface area (TPSA) is 66.7 Å². The van der Waals surface area contributed by atoms with Gasteiger partial charge >= 0.3 is 0 Å². The van der Waals surface area contributed by atoms with Crippen LogP contribution in [0.2, 0.25) is 0 Å². The Balaban J connectivity index is 1.64. The Kier molecular flexibility index (Phi) is 3.96. The van der Waals surface area contributed by atoms with E-state index in [-0.39, 0.29) is 11.5 Å². The van der Waals surface area contributed by atoms with Gasteiger partial charge in [-0.2, -0.15) is 0 Å². The van der Waals surface area contributed by atoms with Crippen LogP contribution in [0.1, 0.15) is 22.3 Å². The van der Waals surface area contributed by atoms with Crippen molar-refractivity contribution in [1.29, 1.82) is 0 Å². The van der Waals surface area contributed by atoms with Crippen molar-refractivity contribution < 1.29 is 4.79 Å². The van der Waals surface area contributed by atoms with Crippen molar-refractivity contribution in [2.24, 2.45) is 4.99 Å². The van der Waals surface area contributed by atoms with Crippen LogP contribution in [0.15, 0.2) is 46.2 Å². The molecule has 0 radical (unpaired) electrons. The molecule has 0 atom stereocenters. The third-order valence-corrected chi connectivity index (χ3v) is 6.67. The summed E-state index contributed by atoms with van der Waals surface area (Å²) in [5.41, 5.74) is 6.35. The first-order valence-corrected chi connectivity index (χ1v) is 10.3. The Morgan fingerprint density at radius 2 is 1.86 bits per heavy atom. The Bertz CT molecular complexity index is 1370. The van der Waals surface area contributed by atoms with Crippen molar-refractivity contribution in [3.63, 3.8) is 0 Å². The van der Waals surface area contributed by atoms with E-state index in [0.717, 1.165) is 22.5 Å². The standard InChI is InChI=1S/C22H20N4O2S/c1-12-4-7-17-16(8-12)18(20(27)24-17)19-21(28)26-11-25(10-23-22(26)29-19)15-6-5-13(2)14(3)9-15/h4-9H,10-11H2,1-3H3,(H,24,27)/b19-18-. The summed E-state index contributed by atoms with van der Waals surface area (Å²) in [6.45, 7) is 7.04. The fourth-order valence-electron chi connectivity index (χ4n) is 3.75. The van der Waals surface area contributed by atoms with Gasteiger partial charge in [-0.15, -0.1) is 0 Å². The zero-order chi connectivity index (χ0) is 20.3.